The second kappa shape index (κ2) is 54.9. The van der Waals surface area contributed by atoms with Gasteiger partial charge in [-0.15, -0.1) is 0 Å². The number of carbonyl (C=O) groups excluding carboxylic acids is 3. The number of aliphatic carboxylic acids is 1. The van der Waals surface area contributed by atoms with Gasteiger partial charge in [0.25, 0.3) is 0 Å². The van der Waals surface area contributed by atoms with E-state index >= 15 is 0 Å². The summed E-state index contributed by atoms with van der Waals surface area (Å²) in [5.74, 6) is -2.49. The van der Waals surface area contributed by atoms with Crippen molar-refractivity contribution in [2.45, 2.75) is 180 Å². The summed E-state index contributed by atoms with van der Waals surface area (Å²) >= 11 is 0. The molecule has 418 valence electrons. The molecule has 9 heteroatoms. The van der Waals surface area contributed by atoms with E-state index in [0.717, 1.165) is 116 Å². The second-order valence-electron chi connectivity index (χ2n) is 19.1. The van der Waals surface area contributed by atoms with Crippen molar-refractivity contribution in [2.75, 3.05) is 47.5 Å². The molecule has 2 atom stereocenters. The summed E-state index contributed by atoms with van der Waals surface area (Å²) < 4.78 is 22.5. The third-order valence-electron chi connectivity index (χ3n) is 11.0. The lowest BCUT2D eigenvalue weighted by Crippen LogP contribution is -2.44. The van der Waals surface area contributed by atoms with Crippen LogP contribution >= 0.6 is 0 Å². The topological polar surface area (TPSA) is 111 Å². The van der Waals surface area contributed by atoms with Crippen LogP contribution < -0.4 is 5.11 Å². The van der Waals surface area contributed by atoms with Gasteiger partial charge in [0.05, 0.1) is 46.7 Å². The van der Waals surface area contributed by atoms with Gasteiger partial charge in [0.1, 0.15) is 13.2 Å². The summed E-state index contributed by atoms with van der Waals surface area (Å²) in [6.07, 6.45) is 80.1. The van der Waals surface area contributed by atoms with E-state index in [1.165, 1.54) is 12.8 Å². The molecular weight excluding hydrogens is 935 g/mol. The molecule has 0 aliphatic carbocycles. The minimum Gasteiger partial charge on any atom is -0.545 e. The number of carbonyl (C=O) groups is 3. The van der Waals surface area contributed by atoms with Crippen LogP contribution in [0.1, 0.15) is 168 Å². The molecule has 0 aromatic heterocycles. The molecule has 0 N–H and O–H groups in total. The number of hydrogen-bond donors (Lipinski definition) is 0. The van der Waals surface area contributed by atoms with E-state index in [4.69, 9.17) is 18.9 Å². The first-order valence-corrected chi connectivity index (χ1v) is 28.3. The van der Waals surface area contributed by atoms with E-state index < -0.39 is 30.3 Å². The van der Waals surface area contributed by atoms with Crippen LogP contribution in [0.25, 0.3) is 0 Å². The van der Waals surface area contributed by atoms with Crippen LogP contribution in [-0.4, -0.2) is 82.3 Å². The van der Waals surface area contributed by atoms with E-state index in [1.54, 1.807) is 6.08 Å². The van der Waals surface area contributed by atoms with Gasteiger partial charge in [-0.25, -0.2) is 0 Å². The highest BCUT2D eigenvalue weighted by molar-refractivity contribution is 5.71. The molecule has 75 heavy (non-hydrogen) atoms. The molecule has 0 bridgehead atoms. The smallest absolute Gasteiger partial charge is 0.309 e. The van der Waals surface area contributed by atoms with Crippen molar-refractivity contribution in [3.63, 3.8) is 0 Å². The lowest BCUT2D eigenvalue weighted by Gasteiger charge is -2.26. The Morgan fingerprint density at radius 3 is 1.13 bits per heavy atom. The zero-order valence-electron chi connectivity index (χ0n) is 47.3. The van der Waals surface area contributed by atoms with Crippen molar-refractivity contribution in [3.8, 4) is 0 Å². The van der Waals surface area contributed by atoms with Crippen LogP contribution in [0, 0.1) is 0 Å². The third-order valence-corrected chi connectivity index (χ3v) is 11.0. The molecule has 0 fully saturated rings. The first-order valence-electron chi connectivity index (χ1n) is 28.3. The molecule has 0 spiro atoms. The summed E-state index contributed by atoms with van der Waals surface area (Å²) in [5.41, 5.74) is 0. The number of allylic oxidation sites excluding steroid dienone is 27. The van der Waals surface area contributed by atoms with Crippen molar-refractivity contribution < 1.29 is 42.9 Å². The lowest BCUT2D eigenvalue weighted by molar-refractivity contribution is -0.870. The van der Waals surface area contributed by atoms with Gasteiger partial charge in [0.15, 0.2) is 12.4 Å². The monoisotopic (exact) mass is 1040 g/mol. The van der Waals surface area contributed by atoms with Crippen molar-refractivity contribution in [2.24, 2.45) is 0 Å². The fourth-order valence-electron chi connectivity index (χ4n) is 6.72. The largest absolute Gasteiger partial charge is 0.545 e. The predicted octanol–water partition coefficient (Wildman–Crippen LogP) is 15.4. The van der Waals surface area contributed by atoms with Gasteiger partial charge in [-0.2, -0.15) is 0 Å². The van der Waals surface area contributed by atoms with Crippen LogP contribution in [-0.2, 0) is 33.3 Å². The van der Waals surface area contributed by atoms with Crippen LogP contribution in [0.3, 0.4) is 0 Å². The fourth-order valence-corrected chi connectivity index (χ4v) is 6.72. The SMILES string of the molecule is CC/C=C\C/C=C\C/C=C\C/C=C\C/C=C\C/C=C\C/C=C\C/C=C\C/C=C\CCCCCCCCCC(=O)OC(COC(=O)C/C=C\C/C=C\C/C=C\C/C=C\C/C=C\CC)COC(OCC[N+](C)(C)C)C(=O)[O-]. The number of unbranched alkanes of at least 4 members (excludes halogenated alkanes) is 7. The molecule has 0 rings (SSSR count). The lowest BCUT2D eigenvalue weighted by atomic mass is 10.1. The molecule has 0 amide bonds. The first kappa shape index (κ1) is 69.7. The maximum absolute atomic E-state index is 12.8. The minimum absolute atomic E-state index is 0.0471. The number of ether oxygens (including phenoxy) is 4. The van der Waals surface area contributed by atoms with Crippen LogP contribution in [0.15, 0.2) is 170 Å². The molecule has 0 aromatic carbocycles. The van der Waals surface area contributed by atoms with Crippen molar-refractivity contribution in [1.29, 1.82) is 0 Å². The summed E-state index contributed by atoms with van der Waals surface area (Å²) in [6.45, 7) is 4.34. The Balaban J connectivity index is 4.34. The Kier molecular flexibility index (Phi) is 51.0. The van der Waals surface area contributed by atoms with Gasteiger partial charge >= 0.3 is 11.9 Å². The summed E-state index contributed by atoms with van der Waals surface area (Å²) in [7, 11) is 5.87. The Morgan fingerprint density at radius 1 is 0.413 bits per heavy atom. The number of esters is 2. The number of likely N-dealkylation sites (N-methyl/N-ethyl adjacent to an activating group) is 1. The van der Waals surface area contributed by atoms with Crippen LogP contribution in [0.2, 0.25) is 0 Å². The third kappa shape index (κ3) is 56.2. The molecule has 0 saturated carbocycles. The summed E-state index contributed by atoms with van der Waals surface area (Å²) in [6, 6.07) is 0. The highest BCUT2D eigenvalue weighted by Gasteiger charge is 2.21. The molecule has 0 aromatic rings. The van der Waals surface area contributed by atoms with E-state index in [0.29, 0.717) is 23.9 Å². The number of quaternary nitrogens is 1. The quantitative estimate of drug-likeness (QED) is 0.0195. The predicted molar refractivity (Wildman–Crippen MR) is 315 cm³/mol. The molecule has 0 heterocycles. The van der Waals surface area contributed by atoms with Crippen molar-refractivity contribution in [3.05, 3.63) is 170 Å². The first-order chi connectivity index (χ1) is 36.6. The Labute approximate surface area is 457 Å². The van der Waals surface area contributed by atoms with Crippen molar-refractivity contribution in [1.82, 2.24) is 0 Å². The van der Waals surface area contributed by atoms with Gasteiger partial charge in [-0.3, -0.25) is 9.59 Å². The molecule has 0 aliphatic heterocycles. The molecule has 0 aliphatic rings. The Bertz CT molecular complexity index is 1830. The Morgan fingerprint density at radius 2 is 0.760 bits per heavy atom. The van der Waals surface area contributed by atoms with E-state index in [2.05, 4.69) is 166 Å². The average molecular weight is 1040 g/mol. The number of nitrogens with zero attached hydrogens (tertiary/aromatic N) is 1. The van der Waals surface area contributed by atoms with E-state index in [-0.39, 0.29) is 32.7 Å². The second-order valence-corrected chi connectivity index (χ2v) is 19.1. The minimum atomic E-state index is -1.66. The molecule has 2 unspecified atom stereocenters. The molecular formula is C66H101NO8. The molecule has 9 nitrogen and oxygen atoms in total. The standard InChI is InChI=1S/C66H101NO8/c1-6-8-10-12-14-16-18-20-22-23-24-25-26-27-28-29-30-31-32-33-34-35-36-37-38-39-40-41-43-45-47-49-51-53-55-57-64(69)75-62(61-74-66(65(70)71)72-59-58-67(3,4)5)60-73-63(68)56-54-52-50-48-46-44-42-21-19-17-15-13-11-9-7-2/h8-11,14-17,20-22,24-25,27-28,30-31,33-34,36-37,39-40,42,46,48,52,54,62,66H,6-7,12-13,18-19,23,26,29,32,35,38,41,43-45,47,49-51,53,55-61H2,1-5H3/b10-8-,11-9-,16-14-,17-15-,22-20-,25-24-,28-27-,31-30-,34-33-,37-36-,40-39-,42-21-,48-46-,54-52-. The number of carboxylic acid groups (broad SMARTS) is 1. The molecule has 0 radical (unpaired) electrons. The summed E-state index contributed by atoms with van der Waals surface area (Å²) in [5, 5.41) is 11.7. The van der Waals surface area contributed by atoms with Gasteiger partial charge < -0.3 is 33.3 Å². The van der Waals surface area contributed by atoms with Crippen LogP contribution in [0.5, 0.6) is 0 Å². The highest BCUT2D eigenvalue weighted by atomic mass is 16.7. The molecule has 0 saturated heterocycles. The Hall–Kier alpha value is -5.35. The number of hydrogen-bond acceptors (Lipinski definition) is 8. The van der Waals surface area contributed by atoms with E-state index in [1.807, 2.05) is 33.3 Å². The summed E-state index contributed by atoms with van der Waals surface area (Å²) in [4.78, 5) is 37.1. The zero-order valence-corrected chi connectivity index (χ0v) is 47.3. The highest BCUT2D eigenvalue weighted by Crippen LogP contribution is 2.12. The maximum Gasteiger partial charge on any atom is 0.309 e. The van der Waals surface area contributed by atoms with Crippen LogP contribution in [0.4, 0.5) is 0 Å². The normalized spacial score (nSPS) is 14.1. The van der Waals surface area contributed by atoms with E-state index in [9.17, 15) is 19.5 Å². The van der Waals surface area contributed by atoms with Crippen molar-refractivity contribution >= 4 is 17.9 Å². The van der Waals surface area contributed by atoms with Gasteiger partial charge in [0.2, 0.25) is 0 Å². The average Bonchev–Trinajstić information content (AvgIpc) is 3.38. The van der Waals surface area contributed by atoms with Gasteiger partial charge in [-0.05, 0) is 109 Å². The maximum atomic E-state index is 12.8. The number of rotatable bonds is 49. The van der Waals surface area contributed by atoms with Gasteiger partial charge in [0, 0.05) is 6.42 Å². The number of carboxylic acids is 1. The fraction of sp³-hybridized carbons (Fsp3) is 0.530. The zero-order chi connectivity index (χ0) is 54.8. The van der Waals surface area contributed by atoms with Gasteiger partial charge in [-0.1, -0.05) is 216 Å².